The van der Waals surface area contributed by atoms with Crippen molar-refractivity contribution in [2.24, 2.45) is 4.99 Å². The summed E-state index contributed by atoms with van der Waals surface area (Å²) in [4.78, 5) is 19.7. The number of nitrogens with zero attached hydrogens (tertiary/aromatic N) is 1. The van der Waals surface area contributed by atoms with Crippen LogP contribution >= 0.6 is 15.9 Å². The van der Waals surface area contributed by atoms with Gasteiger partial charge in [-0.25, -0.2) is 4.99 Å². The molecule has 1 aliphatic rings. The van der Waals surface area contributed by atoms with Crippen molar-refractivity contribution in [3.8, 4) is 23.0 Å². The Labute approximate surface area is 277 Å². The maximum Gasteiger partial charge on any atom is 0.252 e. The van der Waals surface area contributed by atoms with Crippen LogP contribution in [-0.4, -0.2) is 57.0 Å². The molecule has 0 unspecified atom stereocenters. The molecule has 0 saturated heterocycles. The predicted octanol–water partition coefficient (Wildman–Crippen LogP) is 6.05. The fraction of sp³-hybridized carbons (Fsp3) is 0.278. The Kier molecular flexibility index (Phi) is 10.8. The number of nitrogens with one attached hydrogen (secondary N) is 1. The Hall–Kier alpha value is -4.54. The molecule has 240 valence electrons. The first-order valence-corrected chi connectivity index (χ1v) is 15.7. The van der Waals surface area contributed by atoms with Gasteiger partial charge in [-0.05, 0) is 71.3 Å². The Morgan fingerprint density at radius 3 is 2.41 bits per heavy atom. The van der Waals surface area contributed by atoms with E-state index in [1.807, 2.05) is 91.0 Å². The third-order valence-electron chi connectivity index (χ3n) is 7.75. The molecule has 0 aromatic heterocycles. The molecule has 2 N–H and O–H groups in total. The molecule has 0 spiro atoms. The summed E-state index contributed by atoms with van der Waals surface area (Å²) in [5, 5.41) is 12.2. The molecule has 1 amide bonds. The largest absolute Gasteiger partial charge is 0.497 e. The molecular weight excluding hydrogens is 652 g/mol. The van der Waals surface area contributed by atoms with Crippen molar-refractivity contribution in [1.82, 2.24) is 5.32 Å². The van der Waals surface area contributed by atoms with E-state index in [-0.39, 0.29) is 25.5 Å². The van der Waals surface area contributed by atoms with Crippen molar-refractivity contribution >= 4 is 27.7 Å². The first-order chi connectivity index (χ1) is 22.4. The molecule has 0 radical (unpaired) electrons. The molecule has 0 bridgehead atoms. The third kappa shape index (κ3) is 7.29. The number of rotatable bonds is 14. The van der Waals surface area contributed by atoms with Gasteiger partial charge in [0.2, 0.25) is 5.90 Å². The monoisotopic (exact) mass is 688 g/mol. The van der Waals surface area contributed by atoms with Crippen molar-refractivity contribution in [3.63, 3.8) is 0 Å². The summed E-state index contributed by atoms with van der Waals surface area (Å²) < 4.78 is 29.6. The highest BCUT2D eigenvalue weighted by molar-refractivity contribution is 9.10. The number of benzene rings is 4. The van der Waals surface area contributed by atoms with E-state index in [0.29, 0.717) is 47.5 Å². The first kappa shape index (κ1) is 32.8. The molecule has 0 fully saturated rings. The Morgan fingerprint density at radius 2 is 1.70 bits per heavy atom. The average molecular weight is 690 g/mol. The van der Waals surface area contributed by atoms with Crippen LogP contribution in [0.4, 0.5) is 0 Å². The summed E-state index contributed by atoms with van der Waals surface area (Å²) in [6.07, 6.45) is 0.00553. The van der Waals surface area contributed by atoms with Gasteiger partial charge >= 0.3 is 0 Å². The second-order valence-electron chi connectivity index (χ2n) is 10.7. The fourth-order valence-corrected chi connectivity index (χ4v) is 5.77. The van der Waals surface area contributed by atoms with Crippen LogP contribution in [0.1, 0.15) is 34.8 Å². The number of carbonyl (C=O) groups excluding carboxylic acids is 1. The molecule has 0 aliphatic carbocycles. The number of halogens is 1. The summed E-state index contributed by atoms with van der Waals surface area (Å²) in [7, 11) is 4.76. The number of carbonyl (C=O) groups is 1. The minimum Gasteiger partial charge on any atom is -0.497 e. The lowest BCUT2D eigenvalue weighted by Crippen LogP contribution is -2.49. The van der Waals surface area contributed by atoms with Crippen LogP contribution in [0.5, 0.6) is 23.0 Å². The number of hydrogen-bond acceptors (Lipinski definition) is 8. The number of aliphatic hydroxyl groups excluding tert-OH is 1. The van der Waals surface area contributed by atoms with Crippen LogP contribution in [0.25, 0.3) is 0 Å². The van der Waals surface area contributed by atoms with Crippen LogP contribution in [-0.2, 0) is 22.5 Å². The molecule has 5 rings (SSSR count). The predicted molar refractivity (Wildman–Crippen MR) is 179 cm³/mol. The number of aliphatic imine (C=N–C) groups is 1. The van der Waals surface area contributed by atoms with E-state index in [4.69, 9.17) is 33.8 Å². The van der Waals surface area contributed by atoms with Gasteiger partial charge in [0, 0.05) is 36.0 Å². The highest BCUT2D eigenvalue weighted by atomic mass is 79.9. The van der Waals surface area contributed by atoms with Crippen LogP contribution in [0.3, 0.4) is 0 Å². The standard InChI is InChI=1S/C36H37BrN2O7/c1-42-29-10-6-9-26(21-29)33-36(22-27-8-4-5-11-30(27)37,35(41)38-23-24-12-17-31(43-2)32(20-24)44-3)39-34(46-33)25-13-15-28(16-14-25)45-19-7-18-40/h4-6,8-17,20-21,33,40H,7,18-19,22-23H2,1-3H3,(H,38,41)/t33-,36-/m1/s1. The minimum absolute atomic E-state index is 0.0576. The molecule has 1 heterocycles. The van der Waals surface area contributed by atoms with E-state index in [2.05, 4.69) is 21.2 Å². The number of aliphatic hydroxyl groups is 1. The average Bonchev–Trinajstić information content (AvgIpc) is 3.49. The summed E-state index contributed by atoms with van der Waals surface area (Å²) >= 11 is 3.68. The molecule has 4 aromatic carbocycles. The van der Waals surface area contributed by atoms with Gasteiger partial charge in [0.05, 0.1) is 27.9 Å². The maximum absolute atomic E-state index is 14.6. The fourth-order valence-electron chi connectivity index (χ4n) is 5.35. The van der Waals surface area contributed by atoms with Crippen molar-refractivity contribution in [2.45, 2.75) is 31.0 Å². The number of methoxy groups -OCH3 is 3. The van der Waals surface area contributed by atoms with E-state index in [0.717, 1.165) is 21.2 Å². The van der Waals surface area contributed by atoms with E-state index in [1.165, 1.54) is 0 Å². The van der Waals surface area contributed by atoms with Gasteiger partial charge in [0.25, 0.3) is 5.91 Å². The van der Waals surface area contributed by atoms with E-state index in [9.17, 15) is 4.79 Å². The Balaban J connectivity index is 1.57. The summed E-state index contributed by atoms with van der Waals surface area (Å²) in [5.41, 5.74) is 1.79. The van der Waals surface area contributed by atoms with Crippen LogP contribution in [0, 0.1) is 0 Å². The third-order valence-corrected chi connectivity index (χ3v) is 8.52. The Morgan fingerprint density at radius 1 is 0.913 bits per heavy atom. The topological polar surface area (TPSA) is 108 Å². The summed E-state index contributed by atoms with van der Waals surface area (Å²) in [5.74, 6) is 2.50. The maximum atomic E-state index is 14.6. The second kappa shape index (κ2) is 15.2. The first-order valence-electron chi connectivity index (χ1n) is 14.9. The lowest BCUT2D eigenvalue weighted by Gasteiger charge is -2.31. The van der Waals surface area contributed by atoms with Gasteiger partial charge in [-0.2, -0.15) is 0 Å². The van der Waals surface area contributed by atoms with Crippen molar-refractivity contribution < 1.29 is 33.6 Å². The summed E-state index contributed by atoms with van der Waals surface area (Å²) in [6, 6.07) is 28.2. The summed E-state index contributed by atoms with van der Waals surface area (Å²) in [6.45, 7) is 0.690. The van der Waals surface area contributed by atoms with Gasteiger partial charge in [-0.1, -0.05) is 52.3 Å². The SMILES string of the molecule is COc1cccc([C@H]2OC(c3ccc(OCCCO)cc3)=N[C@@]2(Cc2ccccc2Br)C(=O)NCc2ccc(OC)c(OC)c2)c1. The van der Waals surface area contributed by atoms with Crippen LogP contribution in [0.2, 0.25) is 0 Å². The highest BCUT2D eigenvalue weighted by Gasteiger charge is 2.53. The lowest BCUT2D eigenvalue weighted by molar-refractivity contribution is -0.129. The molecule has 1 aliphatic heterocycles. The minimum atomic E-state index is -1.39. The van der Waals surface area contributed by atoms with E-state index in [1.54, 1.807) is 21.3 Å². The van der Waals surface area contributed by atoms with Crippen molar-refractivity contribution in [3.05, 3.63) is 118 Å². The zero-order chi connectivity index (χ0) is 32.5. The van der Waals surface area contributed by atoms with Gasteiger partial charge in [-0.15, -0.1) is 0 Å². The molecular formula is C36H37BrN2O7. The van der Waals surface area contributed by atoms with Gasteiger partial charge in [-0.3, -0.25) is 4.79 Å². The Bertz CT molecular complexity index is 1680. The smallest absolute Gasteiger partial charge is 0.252 e. The van der Waals surface area contributed by atoms with Crippen molar-refractivity contribution in [2.75, 3.05) is 34.5 Å². The molecule has 0 saturated carbocycles. The number of ether oxygens (including phenoxy) is 5. The molecule has 46 heavy (non-hydrogen) atoms. The zero-order valence-electron chi connectivity index (χ0n) is 26.0. The van der Waals surface area contributed by atoms with Gasteiger partial charge in [0.15, 0.2) is 23.1 Å². The van der Waals surface area contributed by atoms with Crippen LogP contribution < -0.4 is 24.3 Å². The number of amides is 1. The molecule has 2 atom stereocenters. The van der Waals surface area contributed by atoms with Gasteiger partial charge in [0.1, 0.15) is 11.5 Å². The molecule has 10 heteroatoms. The normalized spacial score (nSPS) is 17.1. The zero-order valence-corrected chi connectivity index (χ0v) is 27.6. The lowest BCUT2D eigenvalue weighted by atomic mass is 9.82. The number of hydrogen-bond donors (Lipinski definition) is 2. The highest BCUT2D eigenvalue weighted by Crippen LogP contribution is 2.44. The van der Waals surface area contributed by atoms with E-state index >= 15 is 0 Å². The van der Waals surface area contributed by atoms with Crippen LogP contribution in [0.15, 0.2) is 100 Å². The molecule has 9 nitrogen and oxygen atoms in total. The molecule has 4 aromatic rings. The van der Waals surface area contributed by atoms with E-state index < -0.39 is 11.6 Å². The van der Waals surface area contributed by atoms with Gasteiger partial charge < -0.3 is 34.1 Å². The quantitative estimate of drug-likeness (QED) is 0.155. The second-order valence-corrected chi connectivity index (χ2v) is 11.6. The van der Waals surface area contributed by atoms with Crippen molar-refractivity contribution in [1.29, 1.82) is 0 Å².